The third kappa shape index (κ3) is 2.66. The summed E-state index contributed by atoms with van der Waals surface area (Å²) >= 11 is 0. The standard InChI is InChI=1S/C14H20N2O3/c1-9(2)13-14(18)16(6-3-7-17)11-8-10(15)4-5-12(11)19-13/h4-5,8-9,13,17H,3,6-7,15H2,1-2H3. The smallest absolute Gasteiger partial charge is 0.268 e. The quantitative estimate of drug-likeness (QED) is 0.806. The number of carbonyl (C=O) groups excluding carboxylic acids is 1. The Balaban J connectivity index is 2.38. The van der Waals surface area contributed by atoms with E-state index in [4.69, 9.17) is 15.6 Å². The van der Waals surface area contributed by atoms with E-state index in [0.29, 0.717) is 30.1 Å². The molecule has 0 bridgehead atoms. The maximum Gasteiger partial charge on any atom is 0.268 e. The van der Waals surface area contributed by atoms with E-state index in [1.807, 2.05) is 13.8 Å². The van der Waals surface area contributed by atoms with Crippen LogP contribution in [0.1, 0.15) is 20.3 Å². The fraction of sp³-hybridized carbons (Fsp3) is 0.500. The Morgan fingerprint density at radius 1 is 1.47 bits per heavy atom. The predicted octanol–water partition coefficient (Wildman–Crippen LogP) is 1.40. The van der Waals surface area contributed by atoms with E-state index in [0.717, 1.165) is 0 Å². The molecule has 104 valence electrons. The highest BCUT2D eigenvalue weighted by Gasteiger charge is 2.35. The first kappa shape index (κ1) is 13.7. The Morgan fingerprint density at radius 2 is 2.21 bits per heavy atom. The Bertz CT molecular complexity index is 474. The van der Waals surface area contributed by atoms with Crippen LogP contribution in [-0.2, 0) is 4.79 Å². The van der Waals surface area contributed by atoms with Gasteiger partial charge in [0, 0.05) is 18.8 Å². The van der Waals surface area contributed by atoms with Crippen molar-refractivity contribution in [3.05, 3.63) is 18.2 Å². The minimum Gasteiger partial charge on any atom is -0.478 e. The number of nitrogen functional groups attached to an aromatic ring is 1. The van der Waals surface area contributed by atoms with Crippen molar-refractivity contribution < 1.29 is 14.6 Å². The van der Waals surface area contributed by atoms with Crippen molar-refractivity contribution in [2.24, 2.45) is 5.92 Å². The van der Waals surface area contributed by atoms with Gasteiger partial charge in [0.1, 0.15) is 5.75 Å². The van der Waals surface area contributed by atoms with Gasteiger partial charge < -0.3 is 20.5 Å². The van der Waals surface area contributed by atoms with Gasteiger partial charge in [0.15, 0.2) is 6.10 Å². The fourth-order valence-electron chi connectivity index (χ4n) is 2.19. The molecule has 0 aromatic heterocycles. The highest BCUT2D eigenvalue weighted by molar-refractivity contribution is 6.00. The van der Waals surface area contributed by atoms with E-state index in [2.05, 4.69) is 0 Å². The lowest BCUT2D eigenvalue weighted by atomic mass is 10.0. The van der Waals surface area contributed by atoms with Crippen LogP contribution >= 0.6 is 0 Å². The second-order valence-electron chi connectivity index (χ2n) is 5.08. The van der Waals surface area contributed by atoms with Crippen LogP contribution in [0.15, 0.2) is 18.2 Å². The fourth-order valence-corrected chi connectivity index (χ4v) is 2.19. The largest absolute Gasteiger partial charge is 0.478 e. The Hall–Kier alpha value is -1.75. The van der Waals surface area contributed by atoms with Gasteiger partial charge in [0.2, 0.25) is 0 Å². The molecule has 1 aliphatic heterocycles. The van der Waals surface area contributed by atoms with Crippen LogP contribution in [0.4, 0.5) is 11.4 Å². The molecule has 1 aromatic rings. The van der Waals surface area contributed by atoms with Crippen molar-refractivity contribution in [1.82, 2.24) is 0 Å². The normalized spacial score (nSPS) is 18.4. The molecule has 1 aliphatic rings. The van der Waals surface area contributed by atoms with E-state index < -0.39 is 6.10 Å². The van der Waals surface area contributed by atoms with Gasteiger partial charge in [-0.3, -0.25) is 4.79 Å². The Labute approximate surface area is 113 Å². The first-order chi connectivity index (χ1) is 9.04. The summed E-state index contributed by atoms with van der Waals surface area (Å²) in [6.07, 6.45) is 0.0555. The lowest BCUT2D eigenvalue weighted by molar-refractivity contribution is -0.128. The van der Waals surface area contributed by atoms with Gasteiger partial charge in [-0.1, -0.05) is 13.8 Å². The van der Waals surface area contributed by atoms with Crippen LogP contribution in [0.5, 0.6) is 5.75 Å². The van der Waals surface area contributed by atoms with Crippen molar-refractivity contribution in [1.29, 1.82) is 0 Å². The molecule has 1 heterocycles. The van der Waals surface area contributed by atoms with E-state index in [9.17, 15) is 4.79 Å². The molecular weight excluding hydrogens is 244 g/mol. The van der Waals surface area contributed by atoms with Gasteiger partial charge in [-0.25, -0.2) is 0 Å². The number of fused-ring (bicyclic) bond motifs is 1. The molecule has 1 unspecified atom stereocenters. The molecule has 5 nitrogen and oxygen atoms in total. The number of hydrogen-bond donors (Lipinski definition) is 2. The molecule has 3 N–H and O–H groups in total. The van der Waals surface area contributed by atoms with Crippen LogP contribution in [0.2, 0.25) is 0 Å². The van der Waals surface area contributed by atoms with Crippen LogP contribution < -0.4 is 15.4 Å². The second kappa shape index (κ2) is 5.48. The number of anilines is 2. The van der Waals surface area contributed by atoms with Crippen molar-refractivity contribution >= 4 is 17.3 Å². The molecule has 1 aromatic carbocycles. The average Bonchev–Trinajstić information content (AvgIpc) is 2.37. The van der Waals surface area contributed by atoms with Crippen molar-refractivity contribution in [2.75, 3.05) is 23.8 Å². The van der Waals surface area contributed by atoms with Gasteiger partial charge in [-0.15, -0.1) is 0 Å². The summed E-state index contributed by atoms with van der Waals surface area (Å²) in [7, 11) is 0. The van der Waals surface area contributed by atoms with Gasteiger partial charge in [-0.2, -0.15) is 0 Å². The van der Waals surface area contributed by atoms with Crippen molar-refractivity contribution in [3.63, 3.8) is 0 Å². The number of ether oxygens (including phenoxy) is 1. The van der Waals surface area contributed by atoms with Gasteiger partial charge in [0.05, 0.1) is 5.69 Å². The van der Waals surface area contributed by atoms with Crippen molar-refractivity contribution in [2.45, 2.75) is 26.4 Å². The van der Waals surface area contributed by atoms with Crippen LogP contribution in [0.25, 0.3) is 0 Å². The number of hydrogen-bond acceptors (Lipinski definition) is 4. The van der Waals surface area contributed by atoms with Gasteiger partial charge >= 0.3 is 0 Å². The highest BCUT2D eigenvalue weighted by atomic mass is 16.5. The number of rotatable bonds is 4. The first-order valence-electron chi connectivity index (χ1n) is 6.53. The topological polar surface area (TPSA) is 75.8 Å². The molecule has 0 saturated heterocycles. The zero-order valence-corrected chi connectivity index (χ0v) is 11.3. The maximum absolute atomic E-state index is 12.4. The number of nitrogens with two attached hydrogens (primary N) is 1. The average molecular weight is 264 g/mol. The van der Waals surface area contributed by atoms with E-state index >= 15 is 0 Å². The third-order valence-electron chi connectivity index (χ3n) is 3.18. The van der Waals surface area contributed by atoms with Crippen LogP contribution in [0.3, 0.4) is 0 Å². The molecule has 19 heavy (non-hydrogen) atoms. The number of aliphatic hydroxyl groups is 1. The third-order valence-corrected chi connectivity index (χ3v) is 3.18. The second-order valence-corrected chi connectivity index (χ2v) is 5.08. The number of benzene rings is 1. The summed E-state index contributed by atoms with van der Waals surface area (Å²) in [6, 6.07) is 5.29. The molecule has 0 fully saturated rings. The Kier molecular flexibility index (Phi) is 3.95. The number of amides is 1. The van der Waals surface area contributed by atoms with Gasteiger partial charge in [0.25, 0.3) is 5.91 Å². The molecule has 0 spiro atoms. The first-order valence-corrected chi connectivity index (χ1v) is 6.53. The minimum atomic E-state index is -0.477. The summed E-state index contributed by atoms with van der Waals surface area (Å²) < 4.78 is 5.76. The van der Waals surface area contributed by atoms with Crippen LogP contribution in [-0.4, -0.2) is 30.3 Å². The summed E-state index contributed by atoms with van der Waals surface area (Å²) in [4.78, 5) is 14.1. The molecular formula is C14H20N2O3. The van der Waals surface area contributed by atoms with Crippen molar-refractivity contribution in [3.8, 4) is 5.75 Å². The maximum atomic E-state index is 12.4. The highest BCUT2D eigenvalue weighted by Crippen LogP contribution is 2.37. The summed E-state index contributed by atoms with van der Waals surface area (Å²) in [6.45, 7) is 4.43. The summed E-state index contributed by atoms with van der Waals surface area (Å²) in [5.74, 6) is 0.696. The van der Waals surface area contributed by atoms with E-state index in [1.54, 1.807) is 23.1 Å². The van der Waals surface area contributed by atoms with E-state index in [-0.39, 0.29) is 18.4 Å². The molecule has 0 aliphatic carbocycles. The van der Waals surface area contributed by atoms with E-state index in [1.165, 1.54) is 0 Å². The van der Waals surface area contributed by atoms with Crippen LogP contribution in [0, 0.1) is 5.92 Å². The zero-order chi connectivity index (χ0) is 14.0. The molecule has 1 amide bonds. The van der Waals surface area contributed by atoms with Gasteiger partial charge in [-0.05, 0) is 30.5 Å². The molecule has 5 heteroatoms. The molecule has 2 rings (SSSR count). The monoisotopic (exact) mass is 264 g/mol. The number of nitrogens with zero attached hydrogens (tertiary/aromatic N) is 1. The molecule has 0 radical (unpaired) electrons. The molecule has 0 saturated carbocycles. The lowest BCUT2D eigenvalue weighted by Gasteiger charge is -2.36. The SMILES string of the molecule is CC(C)C1Oc2ccc(N)cc2N(CCCO)C1=O. The zero-order valence-electron chi connectivity index (χ0n) is 11.3. The lowest BCUT2D eigenvalue weighted by Crippen LogP contribution is -2.48. The summed E-state index contributed by atoms with van der Waals surface area (Å²) in [5.41, 5.74) is 7.05. The Morgan fingerprint density at radius 3 is 2.84 bits per heavy atom. The minimum absolute atomic E-state index is 0.0502. The number of aliphatic hydroxyl groups excluding tert-OH is 1. The molecule has 1 atom stereocenters. The number of carbonyl (C=O) groups is 1. The summed E-state index contributed by atoms with van der Waals surface area (Å²) in [5, 5.41) is 8.97. The predicted molar refractivity (Wildman–Crippen MR) is 74.2 cm³/mol.